The molecular weight excluding hydrogens is 285 g/mol. The van der Waals surface area contributed by atoms with Crippen molar-refractivity contribution in [3.8, 4) is 0 Å². The third-order valence-electron chi connectivity index (χ3n) is 1.74. The van der Waals surface area contributed by atoms with Gasteiger partial charge in [-0.2, -0.15) is 0 Å². The Labute approximate surface area is 91.3 Å². The Balaban J connectivity index is 3.65. The summed E-state index contributed by atoms with van der Waals surface area (Å²) in [7, 11) is 0. The first-order chi connectivity index (χ1) is 7.25. The molecule has 9 heteroatoms. The number of hydrogen-bond donors (Lipinski definition) is 3. The molecule has 0 atom stereocenters. The number of nitrogens with zero attached hydrogens (tertiary/aromatic N) is 1. The molecule has 1 rings (SSSR count). The normalized spacial score (nSPS) is 11.1. The van der Waals surface area contributed by atoms with Crippen LogP contribution in [0.1, 0.15) is 10.4 Å². The second kappa shape index (κ2) is 4.09. The number of nitro benzene ring substituents is 1. The maximum absolute atomic E-state index is 11.0. The van der Waals surface area contributed by atoms with Crippen LogP contribution < -0.4 is 4.35 Å². The van der Waals surface area contributed by atoms with Gasteiger partial charge >= 0.3 is 90.8 Å². The van der Waals surface area contributed by atoms with Crippen LogP contribution in [0.3, 0.4) is 0 Å². The fraction of sp³-hybridized carbons (Fsp3) is 0. The molecular formula is C7H6AsNO7. The number of carbonyl (C=O) groups is 1. The molecule has 0 aliphatic heterocycles. The first kappa shape index (κ1) is 12.4. The fourth-order valence-corrected chi connectivity index (χ4v) is 2.78. The molecule has 8 nitrogen and oxygen atoms in total. The number of carboxylic acids is 1. The van der Waals surface area contributed by atoms with E-state index in [1.54, 1.807) is 0 Å². The van der Waals surface area contributed by atoms with E-state index in [2.05, 4.69) is 0 Å². The van der Waals surface area contributed by atoms with Crippen molar-refractivity contribution in [3.05, 3.63) is 33.9 Å². The molecule has 0 amide bonds. The SMILES string of the molecule is O=C(O)c1c([N+](=O)[O-])cccc1[As](=O)(O)O. The van der Waals surface area contributed by atoms with E-state index in [-0.39, 0.29) is 0 Å². The van der Waals surface area contributed by atoms with Crippen molar-refractivity contribution in [2.75, 3.05) is 0 Å². The Morgan fingerprint density at radius 3 is 2.31 bits per heavy atom. The average Bonchev–Trinajstić information content (AvgIpc) is 2.14. The van der Waals surface area contributed by atoms with Gasteiger partial charge in [-0.25, -0.2) is 0 Å². The molecule has 16 heavy (non-hydrogen) atoms. The van der Waals surface area contributed by atoms with E-state index in [1.807, 2.05) is 0 Å². The summed E-state index contributed by atoms with van der Waals surface area (Å²) in [5.41, 5.74) is -1.80. The third kappa shape index (κ3) is 2.30. The van der Waals surface area contributed by atoms with Gasteiger partial charge in [0.25, 0.3) is 0 Å². The first-order valence-corrected chi connectivity index (χ1v) is 7.20. The second-order valence-corrected chi connectivity index (χ2v) is 6.07. The van der Waals surface area contributed by atoms with E-state index in [0.29, 0.717) is 0 Å². The summed E-state index contributed by atoms with van der Waals surface area (Å²) in [5, 5.41) is 19.2. The van der Waals surface area contributed by atoms with Gasteiger partial charge in [0.05, 0.1) is 0 Å². The van der Waals surface area contributed by atoms with Crippen molar-refractivity contribution in [3.63, 3.8) is 0 Å². The van der Waals surface area contributed by atoms with Crippen LogP contribution in [0.15, 0.2) is 18.2 Å². The minimum atomic E-state index is -5.50. The second-order valence-electron chi connectivity index (χ2n) is 2.78. The summed E-state index contributed by atoms with van der Waals surface area (Å²) in [5.74, 6) is -1.74. The van der Waals surface area contributed by atoms with E-state index < -0.39 is 40.7 Å². The van der Waals surface area contributed by atoms with Crippen LogP contribution in [0.2, 0.25) is 0 Å². The number of nitro groups is 1. The summed E-state index contributed by atoms with van der Waals surface area (Å²) in [6, 6.07) is 2.77. The van der Waals surface area contributed by atoms with Gasteiger partial charge in [0.1, 0.15) is 0 Å². The van der Waals surface area contributed by atoms with E-state index in [4.69, 9.17) is 13.3 Å². The van der Waals surface area contributed by atoms with E-state index in [1.165, 1.54) is 0 Å². The summed E-state index contributed by atoms with van der Waals surface area (Å²) in [6.45, 7) is 0. The Morgan fingerprint density at radius 2 is 1.94 bits per heavy atom. The van der Waals surface area contributed by atoms with Gasteiger partial charge in [0.15, 0.2) is 0 Å². The Morgan fingerprint density at radius 1 is 1.38 bits per heavy atom. The molecule has 1 aromatic rings. The molecule has 1 aromatic carbocycles. The number of hydrogen-bond acceptors (Lipinski definition) is 4. The summed E-state index contributed by atoms with van der Waals surface area (Å²) in [4.78, 5) is 20.3. The third-order valence-corrected chi connectivity index (χ3v) is 3.84. The molecule has 0 unspecified atom stereocenters. The van der Waals surface area contributed by atoms with E-state index >= 15 is 0 Å². The van der Waals surface area contributed by atoms with Crippen LogP contribution in [-0.4, -0.2) is 38.4 Å². The molecule has 3 N–H and O–H groups in total. The number of carboxylic acid groups (broad SMARTS) is 1. The molecule has 0 saturated carbocycles. The van der Waals surface area contributed by atoms with Crippen molar-refractivity contribution in [2.24, 2.45) is 0 Å². The van der Waals surface area contributed by atoms with E-state index in [9.17, 15) is 18.6 Å². The topological polar surface area (TPSA) is 138 Å². The van der Waals surface area contributed by atoms with Crippen molar-refractivity contribution < 1.29 is 26.8 Å². The van der Waals surface area contributed by atoms with Crippen molar-refractivity contribution in [1.29, 1.82) is 0 Å². The van der Waals surface area contributed by atoms with Gasteiger partial charge < -0.3 is 0 Å². The fourth-order valence-electron chi connectivity index (χ4n) is 1.14. The van der Waals surface area contributed by atoms with Gasteiger partial charge in [-0.15, -0.1) is 0 Å². The van der Waals surface area contributed by atoms with Crippen LogP contribution in [0.5, 0.6) is 0 Å². The molecule has 0 spiro atoms. The summed E-state index contributed by atoms with van der Waals surface area (Å²) in [6.07, 6.45) is 0. The van der Waals surface area contributed by atoms with Gasteiger partial charge in [-0.05, 0) is 0 Å². The van der Waals surface area contributed by atoms with Crippen LogP contribution >= 0.6 is 0 Å². The predicted molar refractivity (Wildman–Crippen MR) is 50.6 cm³/mol. The number of aromatic carboxylic acids is 1. The zero-order valence-electron chi connectivity index (χ0n) is 7.60. The van der Waals surface area contributed by atoms with Crippen LogP contribution in [0, 0.1) is 10.1 Å². The Hall–Kier alpha value is -1.63. The Bertz CT molecular complexity index is 505. The number of rotatable bonds is 3. The molecule has 0 aliphatic rings. The van der Waals surface area contributed by atoms with Crippen LogP contribution in [0.25, 0.3) is 0 Å². The van der Waals surface area contributed by atoms with Crippen molar-refractivity contribution in [1.82, 2.24) is 0 Å². The van der Waals surface area contributed by atoms with Gasteiger partial charge in [-0.3, -0.25) is 0 Å². The van der Waals surface area contributed by atoms with E-state index in [0.717, 1.165) is 18.2 Å². The zero-order valence-corrected chi connectivity index (χ0v) is 9.48. The van der Waals surface area contributed by atoms with Crippen LogP contribution in [0.4, 0.5) is 5.69 Å². The van der Waals surface area contributed by atoms with Gasteiger partial charge in [0, 0.05) is 0 Å². The number of benzene rings is 1. The first-order valence-electron chi connectivity index (χ1n) is 3.82. The minimum absolute atomic E-state index is 0.806. The van der Waals surface area contributed by atoms with Gasteiger partial charge in [-0.1, -0.05) is 0 Å². The molecule has 0 fully saturated rings. The Kier molecular flexibility index (Phi) is 3.18. The molecule has 0 heterocycles. The maximum atomic E-state index is 11.0. The predicted octanol–water partition coefficient (Wildman–Crippen LogP) is -1.15. The molecule has 86 valence electrons. The van der Waals surface area contributed by atoms with Crippen LogP contribution in [-0.2, 0) is 3.74 Å². The molecule has 0 saturated heterocycles. The molecule has 0 aromatic heterocycles. The van der Waals surface area contributed by atoms with Gasteiger partial charge in [0.2, 0.25) is 0 Å². The average molecular weight is 291 g/mol. The van der Waals surface area contributed by atoms with Crippen molar-refractivity contribution >= 4 is 30.2 Å². The molecule has 0 aliphatic carbocycles. The zero-order chi connectivity index (χ0) is 12.5. The quantitative estimate of drug-likeness (QED) is 0.363. The molecule has 0 radical (unpaired) electrons. The summed E-state index contributed by atoms with van der Waals surface area (Å²) >= 11 is -5.50. The van der Waals surface area contributed by atoms with Crippen molar-refractivity contribution in [2.45, 2.75) is 0 Å². The molecule has 0 bridgehead atoms. The summed E-state index contributed by atoms with van der Waals surface area (Å²) < 4.78 is 28.0. The standard InChI is InChI=1S/C7H6AsNO7/c10-7(11)6-4(8(12,13)14)2-1-3-5(6)9(15)16/h1-3H,(H,10,11)(H2,12,13,14). The monoisotopic (exact) mass is 291 g/mol.